The standard InChI is InChI=1S/C21H16Cl2N4O2S/c1-11-16-20(25-9-12-5-6-15(29-2)14(22)8-12)26-19(13-4-3-7-24-10-13)27-21(16)30-17(11)18(23)28/h3-8,10H,9H2,1-2H3,(H,25,26,27). The highest BCUT2D eigenvalue weighted by molar-refractivity contribution is 7.22. The van der Waals surface area contributed by atoms with Gasteiger partial charge in [0.05, 0.1) is 22.4 Å². The number of hydrogen-bond acceptors (Lipinski definition) is 7. The number of anilines is 1. The first-order chi connectivity index (χ1) is 14.5. The first-order valence-corrected chi connectivity index (χ1v) is 10.5. The van der Waals surface area contributed by atoms with Gasteiger partial charge in [-0.25, -0.2) is 9.97 Å². The third kappa shape index (κ3) is 3.96. The number of nitrogens with zero attached hydrogens (tertiary/aromatic N) is 3. The average Bonchev–Trinajstić information content (AvgIpc) is 3.09. The van der Waals surface area contributed by atoms with Crippen LogP contribution in [0.4, 0.5) is 5.82 Å². The molecule has 1 aromatic carbocycles. The molecule has 0 saturated carbocycles. The molecule has 0 atom stereocenters. The van der Waals surface area contributed by atoms with Crippen molar-refractivity contribution in [2.75, 3.05) is 12.4 Å². The SMILES string of the molecule is COc1ccc(CNc2nc(-c3cccnc3)nc3sc(C(=O)Cl)c(C)c23)cc1Cl. The molecule has 4 rings (SSSR count). The van der Waals surface area contributed by atoms with Crippen molar-refractivity contribution in [1.29, 1.82) is 0 Å². The van der Waals surface area contributed by atoms with E-state index in [2.05, 4.69) is 15.3 Å². The average molecular weight is 459 g/mol. The van der Waals surface area contributed by atoms with E-state index in [4.69, 9.17) is 32.9 Å². The normalized spacial score (nSPS) is 10.9. The van der Waals surface area contributed by atoms with Gasteiger partial charge in [-0.3, -0.25) is 9.78 Å². The molecule has 0 spiro atoms. The second-order valence-electron chi connectivity index (χ2n) is 6.47. The van der Waals surface area contributed by atoms with Crippen molar-refractivity contribution in [3.8, 4) is 17.1 Å². The van der Waals surface area contributed by atoms with Gasteiger partial charge >= 0.3 is 0 Å². The Labute approximate surface area is 186 Å². The lowest BCUT2D eigenvalue weighted by Crippen LogP contribution is -2.04. The molecule has 3 aromatic heterocycles. The van der Waals surface area contributed by atoms with Crippen LogP contribution in [0, 0.1) is 6.92 Å². The molecule has 3 heterocycles. The van der Waals surface area contributed by atoms with Crippen LogP contribution in [0.3, 0.4) is 0 Å². The second kappa shape index (κ2) is 8.55. The number of carbonyl (C=O) groups is 1. The first kappa shape index (κ1) is 20.5. The molecule has 0 aliphatic carbocycles. The maximum absolute atomic E-state index is 11.9. The van der Waals surface area contributed by atoms with E-state index in [0.29, 0.717) is 38.7 Å². The van der Waals surface area contributed by atoms with E-state index in [0.717, 1.165) is 22.1 Å². The van der Waals surface area contributed by atoms with Crippen LogP contribution in [-0.2, 0) is 6.54 Å². The number of thiophene rings is 1. The highest BCUT2D eigenvalue weighted by atomic mass is 35.5. The summed E-state index contributed by atoms with van der Waals surface area (Å²) >= 11 is 13.3. The summed E-state index contributed by atoms with van der Waals surface area (Å²) < 4.78 is 5.20. The summed E-state index contributed by atoms with van der Waals surface area (Å²) in [5.74, 6) is 1.74. The highest BCUT2D eigenvalue weighted by Gasteiger charge is 2.20. The number of halogens is 2. The third-order valence-corrected chi connectivity index (χ3v) is 6.35. The van der Waals surface area contributed by atoms with Gasteiger partial charge in [0.1, 0.15) is 16.4 Å². The fourth-order valence-corrected chi connectivity index (χ4v) is 4.63. The van der Waals surface area contributed by atoms with Crippen LogP contribution in [0.15, 0.2) is 42.7 Å². The van der Waals surface area contributed by atoms with Gasteiger partial charge in [-0.1, -0.05) is 17.7 Å². The zero-order valence-corrected chi connectivity index (χ0v) is 18.4. The molecule has 0 unspecified atom stereocenters. The predicted molar refractivity (Wildman–Crippen MR) is 121 cm³/mol. The Kier molecular flexibility index (Phi) is 5.85. The van der Waals surface area contributed by atoms with Gasteiger partial charge < -0.3 is 10.1 Å². The fourth-order valence-electron chi connectivity index (χ4n) is 3.08. The third-order valence-electron chi connectivity index (χ3n) is 4.56. The lowest BCUT2D eigenvalue weighted by atomic mass is 10.2. The van der Waals surface area contributed by atoms with Crippen LogP contribution in [0.25, 0.3) is 21.6 Å². The van der Waals surface area contributed by atoms with Crippen molar-refractivity contribution in [2.24, 2.45) is 0 Å². The van der Waals surface area contributed by atoms with E-state index in [1.807, 2.05) is 37.3 Å². The number of hydrogen-bond donors (Lipinski definition) is 1. The lowest BCUT2D eigenvalue weighted by Gasteiger charge is -2.11. The number of pyridine rings is 1. The Morgan fingerprint density at radius 1 is 1.27 bits per heavy atom. The molecule has 0 aliphatic heterocycles. The number of aryl methyl sites for hydroxylation is 1. The van der Waals surface area contributed by atoms with Gasteiger partial charge in [-0.05, 0) is 53.9 Å². The summed E-state index contributed by atoms with van der Waals surface area (Å²) in [6.07, 6.45) is 3.39. The van der Waals surface area contributed by atoms with Gasteiger partial charge in [0, 0.05) is 24.5 Å². The van der Waals surface area contributed by atoms with Crippen LogP contribution >= 0.6 is 34.5 Å². The minimum Gasteiger partial charge on any atom is -0.495 e. The Morgan fingerprint density at radius 2 is 2.10 bits per heavy atom. The largest absolute Gasteiger partial charge is 0.495 e. The van der Waals surface area contributed by atoms with E-state index >= 15 is 0 Å². The Balaban J connectivity index is 1.78. The Hall–Kier alpha value is -2.74. The quantitative estimate of drug-likeness (QED) is 0.372. The minimum absolute atomic E-state index is 0.458. The fraction of sp³-hybridized carbons (Fsp3) is 0.143. The zero-order valence-electron chi connectivity index (χ0n) is 16.1. The van der Waals surface area contributed by atoms with E-state index < -0.39 is 5.24 Å². The number of carbonyl (C=O) groups excluding carboxylic acids is 1. The van der Waals surface area contributed by atoms with Crippen molar-refractivity contribution in [3.63, 3.8) is 0 Å². The summed E-state index contributed by atoms with van der Waals surface area (Å²) in [4.78, 5) is 26.5. The van der Waals surface area contributed by atoms with E-state index in [9.17, 15) is 4.79 Å². The molecule has 1 N–H and O–H groups in total. The minimum atomic E-state index is -0.508. The van der Waals surface area contributed by atoms with Crippen molar-refractivity contribution < 1.29 is 9.53 Å². The van der Waals surface area contributed by atoms with Gasteiger partial charge in [-0.2, -0.15) is 0 Å². The molecule has 30 heavy (non-hydrogen) atoms. The van der Waals surface area contributed by atoms with Gasteiger partial charge in [0.25, 0.3) is 5.24 Å². The van der Waals surface area contributed by atoms with Gasteiger partial charge in [0.15, 0.2) is 5.82 Å². The topological polar surface area (TPSA) is 77.0 Å². The molecule has 0 bridgehead atoms. The number of rotatable bonds is 6. The highest BCUT2D eigenvalue weighted by Crippen LogP contribution is 2.36. The predicted octanol–water partition coefficient (Wildman–Crippen LogP) is 5.71. The molecule has 4 aromatic rings. The monoisotopic (exact) mass is 458 g/mol. The molecular weight excluding hydrogens is 443 g/mol. The summed E-state index contributed by atoms with van der Waals surface area (Å²) in [5.41, 5.74) is 2.49. The van der Waals surface area contributed by atoms with Crippen molar-refractivity contribution >= 4 is 55.8 Å². The Morgan fingerprint density at radius 3 is 2.77 bits per heavy atom. The number of ether oxygens (including phenoxy) is 1. The summed E-state index contributed by atoms with van der Waals surface area (Å²) in [5, 5.41) is 4.15. The number of benzene rings is 1. The van der Waals surface area contributed by atoms with Crippen LogP contribution in [-0.4, -0.2) is 27.3 Å². The molecule has 0 radical (unpaired) electrons. The van der Waals surface area contributed by atoms with Crippen LogP contribution in [0.5, 0.6) is 5.75 Å². The molecule has 0 fully saturated rings. The van der Waals surface area contributed by atoms with Gasteiger partial charge in [0.2, 0.25) is 0 Å². The second-order valence-corrected chi connectivity index (χ2v) is 8.22. The molecule has 152 valence electrons. The zero-order chi connectivity index (χ0) is 21.3. The molecule has 6 nitrogen and oxygen atoms in total. The van der Waals surface area contributed by atoms with E-state index in [1.54, 1.807) is 19.5 Å². The van der Waals surface area contributed by atoms with Crippen LogP contribution in [0.1, 0.15) is 20.8 Å². The van der Waals surface area contributed by atoms with Crippen molar-refractivity contribution in [3.05, 3.63) is 63.8 Å². The van der Waals surface area contributed by atoms with E-state index in [-0.39, 0.29) is 0 Å². The number of methoxy groups -OCH3 is 1. The van der Waals surface area contributed by atoms with E-state index in [1.165, 1.54) is 11.3 Å². The molecule has 0 saturated heterocycles. The summed E-state index contributed by atoms with van der Waals surface area (Å²) in [7, 11) is 1.58. The molecule has 0 aliphatic rings. The van der Waals surface area contributed by atoms with Crippen molar-refractivity contribution in [2.45, 2.75) is 13.5 Å². The summed E-state index contributed by atoms with van der Waals surface area (Å²) in [6, 6.07) is 9.28. The Bertz CT molecular complexity index is 1240. The molecule has 0 amide bonds. The maximum atomic E-state index is 11.9. The number of nitrogens with one attached hydrogen (secondary N) is 1. The smallest absolute Gasteiger partial charge is 0.262 e. The molecule has 9 heteroatoms. The first-order valence-electron chi connectivity index (χ1n) is 8.95. The maximum Gasteiger partial charge on any atom is 0.262 e. The number of fused-ring (bicyclic) bond motifs is 1. The lowest BCUT2D eigenvalue weighted by molar-refractivity contribution is 0.108. The summed E-state index contributed by atoms with van der Waals surface area (Å²) in [6.45, 7) is 2.32. The number of aromatic nitrogens is 3. The van der Waals surface area contributed by atoms with Crippen molar-refractivity contribution in [1.82, 2.24) is 15.0 Å². The van der Waals surface area contributed by atoms with Crippen LogP contribution in [0.2, 0.25) is 5.02 Å². The molecular formula is C21H16Cl2N4O2S. The van der Waals surface area contributed by atoms with Gasteiger partial charge in [-0.15, -0.1) is 11.3 Å². The van der Waals surface area contributed by atoms with Crippen LogP contribution < -0.4 is 10.1 Å².